The van der Waals surface area contributed by atoms with Gasteiger partial charge < -0.3 is 10.3 Å². The van der Waals surface area contributed by atoms with Gasteiger partial charge in [-0.1, -0.05) is 43.3 Å². The van der Waals surface area contributed by atoms with Crippen molar-refractivity contribution in [3.8, 4) is 11.4 Å². The van der Waals surface area contributed by atoms with Gasteiger partial charge >= 0.3 is 0 Å². The minimum atomic E-state index is 0.895. The Bertz CT molecular complexity index is 671. The predicted octanol–water partition coefficient (Wildman–Crippen LogP) is 3.34. The number of aromatic nitrogens is 2. The molecule has 0 fully saturated rings. The van der Waals surface area contributed by atoms with Gasteiger partial charge in [0.25, 0.3) is 0 Å². The van der Waals surface area contributed by atoms with E-state index in [1.54, 1.807) is 0 Å². The lowest BCUT2D eigenvalue weighted by Crippen LogP contribution is -2.11. The van der Waals surface area contributed by atoms with Gasteiger partial charge in [0.2, 0.25) is 0 Å². The Morgan fingerprint density at radius 2 is 1.95 bits per heavy atom. The smallest absolute Gasteiger partial charge is 0.138 e. The van der Waals surface area contributed by atoms with Crippen LogP contribution in [-0.2, 0) is 6.54 Å². The van der Waals surface area contributed by atoms with Crippen LogP contribution in [0, 0.1) is 0 Å². The molecule has 1 heterocycles. The summed E-state index contributed by atoms with van der Waals surface area (Å²) in [5.74, 6) is 0.927. The molecule has 2 aromatic carbocycles. The van der Waals surface area contributed by atoms with Crippen LogP contribution in [0.15, 0.2) is 48.5 Å². The average Bonchev–Trinajstić information content (AvgIpc) is 2.89. The highest BCUT2D eigenvalue weighted by molar-refractivity contribution is 5.80. The molecule has 0 atom stereocenters. The summed E-state index contributed by atoms with van der Waals surface area (Å²) in [6, 6.07) is 16.6. The number of H-pyrrole nitrogens is 1. The summed E-state index contributed by atoms with van der Waals surface area (Å²) in [6.45, 7) is 3.99. The van der Waals surface area contributed by atoms with E-state index in [2.05, 4.69) is 52.5 Å². The Morgan fingerprint density at radius 1 is 1.11 bits per heavy atom. The summed E-state index contributed by atoms with van der Waals surface area (Å²) < 4.78 is 0. The van der Waals surface area contributed by atoms with Crippen molar-refractivity contribution in [3.63, 3.8) is 0 Å². The maximum atomic E-state index is 4.63. The molecular weight excluding hydrogens is 234 g/mol. The molecule has 0 bridgehead atoms. The van der Waals surface area contributed by atoms with Crippen LogP contribution in [0.3, 0.4) is 0 Å². The van der Waals surface area contributed by atoms with Crippen LogP contribution in [0.4, 0.5) is 0 Å². The van der Waals surface area contributed by atoms with Crippen molar-refractivity contribution < 1.29 is 0 Å². The number of nitrogens with zero attached hydrogens (tertiary/aromatic N) is 1. The van der Waals surface area contributed by atoms with E-state index in [0.717, 1.165) is 35.5 Å². The van der Waals surface area contributed by atoms with Crippen molar-refractivity contribution in [1.29, 1.82) is 0 Å². The second-order valence-electron chi connectivity index (χ2n) is 4.58. The number of aromatic amines is 1. The second kappa shape index (κ2) is 5.24. The molecule has 2 N–H and O–H groups in total. The fourth-order valence-electron chi connectivity index (χ4n) is 2.17. The fraction of sp³-hybridized carbons (Fsp3) is 0.188. The first-order valence-corrected chi connectivity index (χ1v) is 6.61. The van der Waals surface area contributed by atoms with Crippen molar-refractivity contribution in [2.24, 2.45) is 0 Å². The highest BCUT2D eigenvalue weighted by Crippen LogP contribution is 2.20. The Kier molecular flexibility index (Phi) is 3.29. The van der Waals surface area contributed by atoms with Gasteiger partial charge in [0.1, 0.15) is 5.82 Å². The molecule has 19 heavy (non-hydrogen) atoms. The van der Waals surface area contributed by atoms with Crippen LogP contribution in [0.1, 0.15) is 12.5 Å². The lowest BCUT2D eigenvalue weighted by atomic mass is 10.2. The maximum absolute atomic E-state index is 4.63. The Balaban J connectivity index is 1.97. The number of hydrogen-bond acceptors (Lipinski definition) is 2. The molecule has 1 aromatic heterocycles. The van der Waals surface area contributed by atoms with Crippen LogP contribution < -0.4 is 5.32 Å². The van der Waals surface area contributed by atoms with Crippen molar-refractivity contribution in [2.75, 3.05) is 6.54 Å². The summed E-state index contributed by atoms with van der Waals surface area (Å²) in [5, 5.41) is 3.33. The van der Waals surface area contributed by atoms with Gasteiger partial charge in [0.05, 0.1) is 11.0 Å². The monoisotopic (exact) mass is 251 g/mol. The summed E-state index contributed by atoms with van der Waals surface area (Å²) >= 11 is 0. The van der Waals surface area contributed by atoms with Crippen molar-refractivity contribution in [2.45, 2.75) is 13.5 Å². The first-order chi connectivity index (χ1) is 9.36. The number of nitrogens with one attached hydrogen (secondary N) is 2. The number of fused-ring (bicyclic) bond motifs is 1. The zero-order valence-electron chi connectivity index (χ0n) is 11.0. The lowest BCUT2D eigenvalue weighted by Gasteiger charge is -2.00. The van der Waals surface area contributed by atoms with E-state index < -0.39 is 0 Å². The predicted molar refractivity (Wildman–Crippen MR) is 78.9 cm³/mol. The van der Waals surface area contributed by atoms with E-state index >= 15 is 0 Å². The molecule has 3 nitrogen and oxygen atoms in total. The molecule has 0 aliphatic rings. The topological polar surface area (TPSA) is 40.7 Å². The number of imidazole rings is 1. The summed E-state index contributed by atoms with van der Waals surface area (Å²) in [6.07, 6.45) is 0. The Labute approximate surface area is 112 Å². The second-order valence-corrected chi connectivity index (χ2v) is 4.58. The van der Waals surface area contributed by atoms with Crippen LogP contribution >= 0.6 is 0 Å². The fourth-order valence-corrected chi connectivity index (χ4v) is 2.17. The lowest BCUT2D eigenvalue weighted by molar-refractivity contribution is 0.727. The zero-order chi connectivity index (χ0) is 13.1. The van der Waals surface area contributed by atoms with E-state index in [1.807, 2.05) is 18.2 Å². The largest absolute Gasteiger partial charge is 0.338 e. The minimum absolute atomic E-state index is 0.895. The van der Waals surface area contributed by atoms with E-state index in [9.17, 15) is 0 Å². The molecule has 0 radical (unpaired) electrons. The molecule has 0 aliphatic carbocycles. The third-order valence-electron chi connectivity index (χ3n) is 3.17. The number of rotatable bonds is 4. The molecule has 0 aliphatic heterocycles. The standard InChI is InChI=1S/C16H17N3/c1-2-17-11-12-8-9-14-15(10-12)19-16(18-14)13-6-4-3-5-7-13/h3-10,17H,2,11H2,1H3,(H,18,19). The van der Waals surface area contributed by atoms with Gasteiger partial charge in [-0.05, 0) is 24.2 Å². The summed E-state index contributed by atoms with van der Waals surface area (Å²) in [5.41, 5.74) is 4.50. The molecule has 0 saturated carbocycles. The summed E-state index contributed by atoms with van der Waals surface area (Å²) in [4.78, 5) is 8.02. The summed E-state index contributed by atoms with van der Waals surface area (Å²) in [7, 11) is 0. The number of hydrogen-bond donors (Lipinski definition) is 2. The first kappa shape index (κ1) is 11.9. The molecule has 96 valence electrons. The normalized spacial score (nSPS) is 11.0. The van der Waals surface area contributed by atoms with Crippen LogP contribution in [0.25, 0.3) is 22.4 Å². The zero-order valence-corrected chi connectivity index (χ0v) is 11.0. The molecule has 0 spiro atoms. The molecule has 0 amide bonds. The van der Waals surface area contributed by atoms with Crippen LogP contribution in [0.2, 0.25) is 0 Å². The van der Waals surface area contributed by atoms with Gasteiger partial charge in [-0.2, -0.15) is 0 Å². The minimum Gasteiger partial charge on any atom is -0.338 e. The maximum Gasteiger partial charge on any atom is 0.138 e. The highest BCUT2D eigenvalue weighted by atomic mass is 14.9. The van der Waals surface area contributed by atoms with E-state index in [4.69, 9.17) is 0 Å². The van der Waals surface area contributed by atoms with Crippen molar-refractivity contribution >= 4 is 11.0 Å². The van der Waals surface area contributed by atoms with Gasteiger partial charge in [-0.15, -0.1) is 0 Å². The van der Waals surface area contributed by atoms with Crippen molar-refractivity contribution in [1.82, 2.24) is 15.3 Å². The molecule has 0 saturated heterocycles. The van der Waals surface area contributed by atoms with Gasteiger partial charge in [0.15, 0.2) is 0 Å². The van der Waals surface area contributed by atoms with Crippen LogP contribution in [-0.4, -0.2) is 16.5 Å². The molecule has 3 heteroatoms. The highest BCUT2D eigenvalue weighted by Gasteiger charge is 2.05. The Morgan fingerprint density at radius 3 is 2.74 bits per heavy atom. The SMILES string of the molecule is CCNCc1ccc2nc(-c3ccccc3)[nH]c2c1. The Hall–Kier alpha value is -2.13. The first-order valence-electron chi connectivity index (χ1n) is 6.61. The molecular formula is C16H17N3. The third-order valence-corrected chi connectivity index (χ3v) is 3.17. The van der Waals surface area contributed by atoms with E-state index in [-0.39, 0.29) is 0 Å². The molecule has 3 aromatic rings. The average molecular weight is 251 g/mol. The van der Waals surface area contributed by atoms with Gasteiger partial charge in [-0.3, -0.25) is 0 Å². The third kappa shape index (κ3) is 2.51. The quantitative estimate of drug-likeness (QED) is 0.746. The van der Waals surface area contributed by atoms with Crippen molar-refractivity contribution in [3.05, 3.63) is 54.1 Å². The number of benzene rings is 2. The van der Waals surface area contributed by atoms with Gasteiger partial charge in [-0.25, -0.2) is 4.98 Å². The van der Waals surface area contributed by atoms with Crippen LogP contribution in [0.5, 0.6) is 0 Å². The van der Waals surface area contributed by atoms with E-state index in [1.165, 1.54) is 5.56 Å². The van der Waals surface area contributed by atoms with E-state index in [0.29, 0.717) is 0 Å². The molecule has 0 unspecified atom stereocenters. The molecule has 3 rings (SSSR count). The van der Waals surface area contributed by atoms with Gasteiger partial charge in [0, 0.05) is 12.1 Å².